The van der Waals surface area contributed by atoms with Gasteiger partial charge in [0.2, 0.25) is 0 Å². The van der Waals surface area contributed by atoms with Crippen LogP contribution in [-0.4, -0.2) is 62.0 Å². The molecule has 2 rings (SSSR count). The number of nitrogens with zero attached hydrogens (tertiary/aromatic N) is 1. The largest absolute Gasteiger partial charge is 0.395 e. The Morgan fingerprint density at radius 3 is 2.89 bits per heavy atom. The number of aliphatic hydroxyl groups excluding tert-OH is 1. The first-order valence-corrected chi connectivity index (χ1v) is 7.18. The SMILES string of the molecule is CNC1C(CN2CCOCC2CO)CCC1(C)C. The summed E-state index contributed by atoms with van der Waals surface area (Å²) in [5.41, 5.74) is 0.389. The third-order valence-electron chi connectivity index (χ3n) is 4.81. The molecule has 1 aliphatic heterocycles. The maximum Gasteiger partial charge on any atom is 0.0644 e. The number of morpholine rings is 1. The molecule has 3 unspecified atom stereocenters. The first-order valence-electron chi connectivity index (χ1n) is 7.18. The highest BCUT2D eigenvalue weighted by molar-refractivity contribution is 4.97. The van der Waals surface area contributed by atoms with Crippen LogP contribution >= 0.6 is 0 Å². The van der Waals surface area contributed by atoms with Crippen molar-refractivity contribution >= 4 is 0 Å². The molecule has 0 bridgehead atoms. The standard InChI is InChI=1S/C14H28N2O2/c1-14(2)5-4-11(13(14)15-3)8-16-6-7-18-10-12(16)9-17/h11-13,15,17H,4-10H2,1-3H3. The van der Waals surface area contributed by atoms with E-state index >= 15 is 0 Å². The van der Waals surface area contributed by atoms with Gasteiger partial charge < -0.3 is 15.2 Å². The molecule has 4 heteroatoms. The zero-order valence-electron chi connectivity index (χ0n) is 12.0. The smallest absolute Gasteiger partial charge is 0.0644 e. The van der Waals surface area contributed by atoms with Gasteiger partial charge in [0.1, 0.15) is 0 Å². The molecule has 1 saturated carbocycles. The van der Waals surface area contributed by atoms with E-state index in [1.54, 1.807) is 0 Å². The Bertz CT molecular complexity index is 271. The molecule has 4 nitrogen and oxygen atoms in total. The Morgan fingerprint density at radius 1 is 1.44 bits per heavy atom. The monoisotopic (exact) mass is 256 g/mol. The van der Waals surface area contributed by atoms with E-state index in [9.17, 15) is 5.11 Å². The number of rotatable bonds is 4. The molecule has 2 fully saturated rings. The average Bonchev–Trinajstić information content (AvgIpc) is 2.64. The van der Waals surface area contributed by atoms with Crippen molar-refractivity contribution in [2.75, 3.05) is 40.0 Å². The summed E-state index contributed by atoms with van der Waals surface area (Å²) in [7, 11) is 2.08. The fourth-order valence-corrected chi connectivity index (χ4v) is 3.74. The van der Waals surface area contributed by atoms with Crippen LogP contribution in [0.5, 0.6) is 0 Å². The molecule has 2 N–H and O–H groups in total. The number of hydrogen-bond donors (Lipinski definition) is 2. The van der Waals surface area contributed by atoms with Gasteiger partial charge in [-0.05, 0) is 31.2 Å². The van der Waals surface area contributed by atoms with Gasteiger partial charge in [0.15, 0.2) is 0 Å². The van der Waals surface area contributed by atoms with Crippen molar-refractivity contribution in [1.82, 2.24) is 10.2 Å². The molecular formula is C14H28N2O2. The molecule has 3 atom stereocenters. The van der Waals surface area contributed by atoms with Crippen molar-refractivity contribution in [1.29, 1.82) is 0 Å². The quantitative estimate of drug-likeness (QED) is 0.777. The van der Waals surface area contributed by atoms with Crippen LogP contribution in [0.15, 0.2) is 0 Å². The highest BCUT2D eigenvalue weighted by Gasteiger charge is 2.42. The summed E-state index contributed by atoms with van der Waals surface area (Å²) >= 11 is 0. The Balaban J connectivity index is 1.96. The van der Waals surface area contributed by atoms with E-state index in [4.69, 9.17) is 4.74 Å². The molecule has 18 heavy (non-hydrogen) atoms. The van der Waals surface area contributed by atoms with Crippen LogP contribution in [-0.2, 0) is 4.74 Å². The number of nitrogens with one attached hydrogen (secondary N) is 1. The summed E-state index contributed by atoms with van der Waals surface area (Å²) in [5, 5.41) is 12.9. The lowest BCUT2D eigenvalue weighted by molar-refractivity contribution is -0.0351. The number of aliphatic hydroxyl groups is 1. The Hall–Kier alpha value is -0.160. The molecule has 0 radical (unpaired) electrons. The summed E-state index contributed by atoms with van der Waals surface area (Å²) in [5.74, 6) is 0.692. The second kappa shape index (κ2) is 5.87. The van der Waals surface area contributed by atoms with Gasteiger partial charge in [-0.15, -0.1) is 0 Å². The lowest BCUT2D eigenvalue weighted by Crippen LogP contribution is -2.52. The maximum absolute atomic E-state index is 9.42. The Morgan fingerprint density at radius 2 is 2.22 bits per heavy atom. The van der Waals surface area contributed by atoms with Crippen molar-refractivity contribution < 1.29 is 9.84 Å². The van der Waals surface area contributed by atoms with Crippen LogP contribution in [0.1, 0.15) is 26.7 Å². The zero-order chi connectivity index (χ0) is 13.2. The summed E-state index contributed by atoms with van der Waals surface area (Å²) in [4.78, 5) is 2.42. The summed E-state index contributed by atoms with van der Waals surface area (Å²) in [6, 6.07) is 0.777. The Labute approximate surface area is 111 Å². The van der Waals surface area contributed by atoms with Crippen LogP contribution in [0.3, 0.4) is 0 Å². The van der Waals surface area contributed by atoms with Crippen LogP contribution in [0.4, 0.5) is 0 Å². The fraction of sp³-hybridized carbons (Fsp3) is 1.00. The van der Waals surface area contributed by atoms with Gasteiger partial charge in [0.05, 0.1) is 25.9 Å². The van der Waals surface area contributed by atoms with Crippen molar-refractivity contribution in [2.24, 2.45) is 11.3 Å². The molecule has 0 aromatic carbocycles. The van der Waals surface area contributed by atoms with Crippen LogP contribution < -0.4 is 5.32 Å². The molecule has 106 valence electrons. The van der Waals surface area contributed by atoms with E-state index in [1.807, 2.05) is 0 Å². The third-order valence-corrected chi connectivity index (χ3v) is 4.81. The second-order valence-corrected chi connectivity index (χ2v) is 6.46. The van der Waals surface area contributed by atoms with Gasteiger partial charge in [0, 0.05) is 19.1 Å². The molecule has 1 saturated heterocycles. The lowest BCUT2D eigenvalue weighted by Gasteiger charge is -2.38. The molecule has 0 aromatic rings. The molecule has 1 aliphatic carbocycles. The van der Waals surface area contributed by atoms with E-state index in [-0.39, 0.29) is 12.6 Å². The molecule has 0 amide bonds. The predicted molar refractivity (Wildman–Crippen MR) is 72.6 cm³/mol. The van der Waals surface area contributed by atoms with Crippen LogP contribution in [0, 0.1) is 11.3 Å². The minimum absolute atomic E-state index is 0.194. The van der Waals surface area contributed by atoms with Crippen molar-refractivity contribution in [2.45, 2.75) is 38.8 Å². The van der Waals surface area contributed by atoms with Crippen molar-refractivity contribution in [3.8, 4) is 0 Å². The summed E-state index contributed by atoms with van der Waals surface area (Å²) < 4.78 is 5.44. The second-order valence-electron chi connectivity index (χ2n) is 6.46. The topological polar surface area (TPSA) is 44.7 Å². The minimum Gasteiger partial charge on any atom is -0.395 e. The first kappa shape index (κ1) is 14.3. The lowest BCUT2D eigenvalue weighted by atomic mass is 9.84. The van der Waals surface area contributed by atoms with Gasteiger partial charge in [-0.1, -0.05) is 13.8 Å². The van der Waals surface area contributed by atoms with Gasteiger partial charge in [-0.3, -0.25) is 4.90 Å². The summed E-state index contributed by atoms with van der Waals surface area (Å²) in [6.45, 7) is 8.45. The van der Waals surface area contributed by atoms with E-state index in [0.29, 0.717) is 24.0 Å². The van der Waals surface area contributed by atoms with Crippen LogP contribution in [0.2, 0.25) is 0 Å². The highest BCUT2D eigenvalue weighted by Crippen LogP contribution is 2.41. The Kier molecular flexibility index (Phi) is 4.64. The molecule has 0 aromatic heterocycles. The fourth-order valence-electron chi connectivity index (χ4n) is 3.74. The van der Waals surface area contributed by atoms with E-state index in [2.05, 4.69) is 31.1 Å². The maximum atomic E-state index is 9.42. The molecule has 1 heterocycles. The van der Waals surface area contributed by atoms with Gasteiger partial charge >= 0.3 is 0 Å². The minimum atomic E-state index is 0.194. The van der Waals surface area contributed by atoms with Crippen molar-refractivity contribution in [3.05, 3.63) is 0 Å². The molecule has 0 spiro atoms. The highest BCUT2D eigenvalue weighted by atomic mass is 16.5. The first-order chi connectivity index (χ1) is 8.58. The van der Waals surface area contributed by atoms with Gasteiger partial charge in [0.25, 0.3) is 0 Å². The van der Waals surface area contributed by atoms with Gasteiger partial charge in [-0.2, -0.15) is 0 Å². The normalized spacial score (nSPS) is 37.0. The third kappa shape index (κ3) is 2.87. The van der Waals surface area contributed by atoms with Crippen LogP contribution in [0.25, 0.3) is 0 Å². The number of hydrogen-bond acceptors (Lipinski definition) is 4. The van der Waals surface area contributed by atoms with E-state index in [1.165, 1.54) is 12.8 Å². The molecular weight excluding hydrogens is 228 g/mol. The molecule has 2 aliphatic rings. The average molecular weight is 256 g/mol. The predicted octanol–water partition coefficient (Wildman–Crippen LogP) is 0.704. The van der Waals surface area contributed by atoms with Crippen molar-refractivity contribution in [3.63, 3.8) is 0 Å². The number of ether oxygens (including phenoxy) is 1. The summed E-state index contributed by atoms with van der Waals surface area (Å²) in [6.07, 6.45) is 2.57. The van der Waals surface area contributed by atoms with E-state index < -0.39 is 0 Å². The zero-order valence-corrected chi connectivity index (χ0v) is 12.0. The van der Waals surface area contributed by atoms with Gasteiger partial charge in [-0.25, -0.2) is 0 Å². The van der Waals surface area contributed by atoms with E-state index in [0.717, 1.165) is 19.7 Å².